The number of hydrogen-bond donors (Lipinski definition) is 0. The maximum Gasteiger partial charge on any atom is 0.0543 e. The van der Waals surface area contributed by atoms with Gasteiger partial charge in [0.15, 0.2) is 0 Å². The molecule has 1 unspecified atom stereocenters. The van der Waals surface area contributed by atoms with Crippen molar-refractivity contribution in [2.45, 2.75) is 25.8 Å². The summed E-state index contributed by atoms with van der Waals surface area (Å²) in [5.41, 5.74) is 4.13. The van der Waals surface area contributed by atoms with Crippen molar-refractivity contribution in [3.05, 3.63) is 65.7 Å². The van der Waals surface area contributed by atoms with Crippen molar-refractivity contribution in [3.8, 4) is 0 Å². The molecule has 2 aromatic carbocycles. The topological polar surface area (TPSA) is 3.24 Å². The molecule has 0 N–H and O–H groups in total. The van der Waals surface area contributed by atoms with Crippen molar-refractivity contribution in [2.75, 3.05) is 11.4 Å². The lowest BCUT2D eigenvalue weighted by molar-refractivity contribution is 0.719. The average molecular weight is 237 g/mol. The molecule has 0 radical (unpaired) electrons. The number of aryl methyl sites for hydroxylation is 1. The molecular weight excluding hydrogens is 218 g/mol. The molecule has 0 aliphatic carbocycles. The highest BCUT2D eigenvalue weighted by atomic mass is 15.2. The number of hydrogen-bond acceptors (Lipinski definition) is 1. The third kappa shape index (κ3) is 2.13. The summed E-state index contributed by atoms with van der Waals surface area (Å²) in [5, 5.41) is 0. The summed E-state index contributed by atoms with van der Waals surface area (Å²) in [4.78, 5) is 2.53. The lowest BCUT2D eigenvalue weighted by Crippen LogP contribution is -2.22. The Morgan fingerprint density at radius 3 is 2.39 bits per heavy atom. The van der Waals surface area contributed by atoms with Gasteiger partial charge in [-0.25, -0.2) is 0 Å². The summed E-state index contributed by atoms with van der Waals surface area (Å²) in [5.74, 6) is 0. The zero-order valence-corrected chi connectivity index (χ0v) is 10.8. The molecule has 1 heteroatoms. The van der Waals surface area contributed by atoms with E-state index in [1.54, 1.807) is 0 Å². The highest BCUT2D eigenvalue weighted by Crippen LogP contribution is 2.35. The quantitative estimate of drug-likeness (QED) is 0.751. The Morgan fingerprint density at radius 2 is 1.67 bits per heavy atom. The first kappa shape index (κ1) is 11.3. The van der Waals surface area contributed by atoms with E-state index in [1.165, 1.54) is 36.2 Å². The predicted octanol–water partition coefficient (Wildman–Crippen LogP) is 4.34. The van der Waals surface area contributed by atoms with Gasteiger partial charge in [-0.1, -0.05) is 48.0 Å². The lowest BCUT2D eigenvalue weighted by Gasteiger charge is -2.27. The minimum absolute atomic E-state index is 0.549. The SMILES string of the molecule is Cc1ccc(C2CCCN2c2ccccc2)cc1. The molecule has 0 aromatic heterocycles. The molecule has 1 fully saturated rings. The molecule has 1 atom stereocenters. The standard InChI is InChI=1S/C17H19N/c1-14-9-11-15(12-10-14)17-8-5-13-18(17)16-6-3-2-4-7-16/h2-4,6-7,9-12,17H,5,8,13H2,1H3. The summed E-state index contributed by atoms with van der Waals surface area (Å²) in [6.07, 6.45) is 2.55. The zero-order valence-electron chi connectivity index (χ0n) is 10.8. The van der Waals surface area contributed by atoms with E-state index in [0.717, 1.165) is 0 Å². The second-order valence-corrected chi connectivity index (χ2v) is 5.10. The summed E-state index contributed by atoms with van der Waals surface area (Å²) in [6, 6.07) is 20.3. The van der Waals surface area contributed by atoms with Gasteiger partial charge >= 0.3 is 0 Å². The first-order valence-corrected chi connectivity index (χ1v) is 6.73. The maximum atomic E-state index is 2.53. The van der Waals surface area contributed by atoms with Crippen LogP contribution in [-0.4, -0.2) is 6.54 Å². The van der Waals surface area contributed by atoms with Crippen LogP contribution in [0.5, 0.6) is 0 Å². The Balaban J connectivity index is 1.90. The van der Waals surface area contributed by atoms with E-state index in [1.807, 2.05) is 0 Å². The molecule has 3 rings (SSSR count). The van der Waals surface area contributed by atoms with Crippen LogP contribution in [0.25, 0.3) is 0 Å². The number of nitrogens with zero attached hydrogens (tertiary/aromatic N) is 1. The van der Waals surface area contributed by atoms with Gasteiger partial charge in [0.1, 0.15) is 0 Å². The van der Waals surface area contributed by atoms with Crippen LogP contribution in [0.3, 0.4) is 0 Å². The molecule has 1 saturated heterocycles. The van der Waals surface area contributed by atoms with Crippen molar-refractivity contribution in [2.24, 2.45) is 0 Å². The third-order valence-corrected chi connectivity index (χ3v) is 3.80. The first-order valence-electron chi connectivity index (χ1n) is 6.73. The third-order valence-electron chi connectivity index (χ3n) is 3.80. The van der Waals surface area contributed by atoms with Crippen LogP contribution in [0, 0.1) is 6.92 Å². The molecular formula is C17H19N. The van der Waals surface area contributed by atoms with Gasteiger partial charge in [-0.3, -0.25) is 0 Å². The van der Waals surface area contributed by atoms with Crippen LogP contribution in [-0.2, 0) is 0 Å². The zero-order chi connectivity index (χ0) is 12.4. The van der Waals surface area contributed by atoms with E-state index in [4.69, 9.17) is 0 Å². The van der Waals surface area contributed by atoms with Crippen LogP contribution in [0.4, 0.5) is 5.69 Å². The van der Waals surface area contributed by atoms with Crippen LogP contribution in [0.2, 0.25) is 0 Å². The lowest BCUT2D eigenvalue weighted by atomic mass is 10.0. The van der Waals surface area contributed by atoms with Crippen LogP contribution in [0.15, 0.2) is 54.6 Å². The van der Waals surface area contributed by atoms with Gasteiger partial charge in [0.25, 0.3) is 0 Å². The molecule has 2 aromatic rings. The Hall–Kier alpha value is -1.76. The summed E-state index contributed by atoms with van der Waals surface area (Å²) in [7, 11) is 0. The van der Waals surface area contributed by atoms with Crippen LogP contribution in [0.1, 0.15) is 30.0 Å². The Labute approximate surface area is 109 Å². The largest absolute Gasteiger partial charge is 0.364 e. The molecule has 1 nitrogen and oxygen atoms in total. The fourth-order valence-corrected chi connectivity index (χ4v) is 2.83. The van der Waals surface area contributed by atoms with E-state index < -0.39 is 0 Å². The second kappa shape index (κ2) is 4.85. The van der Waals surface area contributed by atoms with Gasteiger partial charge in [-0.2, -0.15) is 0 Å². The molecule has 18 heavy (non-hydrogen) atoms. The fraction of sp³-hybridized carbons (Fsp3) is 0.294. The molecule has 1 aliphatic rings. The smallest absolute Gasteiger partial charge is 0.0543 e. The number of benzene rings is 2. The van der Waals surface area contributed by atoms with E-state index in [9.17, 15) is 0 Å². The first-order chi connectivity index (χ1) is 8.84. The van der Waals surface area contributed by atoms with Gasteiger partial charge in [0.2, 0.25) is 0 Å². The van der Waals surface area contributed by atoms with Crippen LogP contribution >= 0.6 is 0 Å². The van der Waals surface area contributed by atoms with E-state index in [-0.39, 0.29) is 0 Å². The minimum atomic E-state index is 0.549. The molecule has 0 bridgehead atoms. The van der Waals surface area contributed by atoms with Crippen molar-refractivity contribution < 1.29 is 0 Å². The molecule has 0 saturated carbocycles. The average Bonchev–Trinajstić information content (AvgIpc) is 2.90. The molecule has 1 aliphatic heterocycles. The number of para-hydroxylation sites is 1. The fourth-order valence-electron chi connectivity index (χ4n) is 2.83. The van der Waals surface area contributed by atoms with E-state index in [0.29, 0.717) is 6.04 Å². The Kier molecular flexibility index (Phi) is 3.06. The Morgan fingerprint density at radius 1 is 0.944 bits per heavy atom. The van der Waals surface area contributed by atoms with Gasteiger partial charge in [0.05, 0.1) is 6.04 Å². The van der Waals surface area contributed by atoms with Crippen molar-refractivity contribution in [1.82, 2.24) is 0 Å². The van der Waals surface area contributed by atoms with Crippen molar-refractivity contribution in [3.63, 3.8) is 0 Å². The predicted molar refractivity (Wildman–Crippen MR) is 76.9 cm³/mol. The summed E-state index contributed by atoms with van der Waals surface area (Å²) in [6.45, 7) is 3.32. The summed E-state index contributed by atoms with van der Waals surface area (Å²) < 4.78 is 0. The molecule has 0 amide bonds. The molecule has 92 valence electrons. The summed E-state index contributed by atoms with van der Waals surface area (Å²) >= 11 is 0. The van der Waals surface area contributed by atoms with Crippen LogP contribution < -0.4 is 4.90 Å². The minimum Gasteiger partial charge on any atom is -0.364 e. The highest BCUT2D eigenvalue weighted by Gasteiger charge is 2.25. The number of anilines is 1. The van der Waals surface area contributed by atoms with Crippen molar-refractivity contribution in [1.29, 1.82) is 0 Å². The molecule has 1 heterocycles. The monoisotopic (exact) mass is 237 g/mol. The van der Waals surface area contributed by atoms with Gasteiger partial charge in [0, 0.05) is 12.2 Å². The number of rotatable bonds is 2. The normalized spacial score (nSPS) is 19.2. The van der Waals surface area contributed by atoms with E-state index >= 15 is 0 Å². The van der Waals surface area contributed by atoms with Gasteiger partial charge < -0.3 is 4.90 Å². The second-order valence-electron chi connectivity index (χ2n) is 5.10. The molecule has 0 spiro atoms. The Bertz CT molecular complexity index is 501. The highest BCUT2D eigenvalue weighted by molar-refractivity contribution is 5.50. The van der Waals surface area contributed by atoms with E-state index in [2.05, 4.69) is 66.4 Å². The van der Waals surface area contributed by atoms with Gasteiger partial charge in [-0.15, -0.1) is 0 Å². The van der Waals surface area contributed by atoms with Crippen molar-refractivity contribution >= 4 is 5.69 Å². The van der Waals surface area contributed by atoms with Gasteiger partial charge in [-0.05, 0) is 37.5 Å². The maximum absolute atomic E-state index is 2.53.